The number of hydrazone groups is 1. The number of nitrogens with one attached hydrogen (secondary N) is 1. The number of amides is 1. The smallest absolute Gasteiger partial charge is 0.243 e. The maximum absolute atomic E-state index is 12.0. The molecule has 0 aliphatic heterocycles. The average molecular weight is 349 g/mol. The van der Waals surface area contributed by atoms with Crippen molar-refractivity contribution in [2.24, 2.45) is 11.0 Å². The molecule has 1 amide bonds. The Hall–Kier alpha value is -1.46. The highest BCUT2D eigenvalue weighted by molar-refractivity contribution is 9.11. The number of halogens is 1. The molecule has 1 heterocycles. The topological polar surface area (TPSA) is 41.5 Å². The molecule has 3 rings (SSSR count). The van der Waals surface area contributed by atoms with E-state index in [1.807, 2.05) is 30.3 Å². The number of thiophene rings is 1. The van der Waals surface area contributed by atoms with E-state index >= 15 is 0 Å². The molecule has 0 bridgehead atoms. The number of nitrogens with zero attached hydrogens (tertiary/aromatic N) is 1. The van der Waals surface area contributed by atoms with E-state index in [9.17, 15) is 4.79 Å². The summed E-state index contributed by atoms with van der Waals surface area (Å²) in [5.74, 6) is 0.414. The summed E-state index contributed by atoms with van der Waals surface area (Å²) in [6.07, 6.45) is 2.59. The van der Waals surface area contributed by atoms with Crippen LogP contribution in [0.3, 0.4) is 0 Å². The predicted octanol–water partition coefficient (Wildman–Crippen LogP) is 3.76. The number of carbonyl (C=O) groups excluding carboxylic acids is 1. The fourth-order valence-corrected chi connectivity index (χ4v) is 3.49. The Kier molecular flexibility index (Phi) is 3.98. The molecule has 2 unspecified atom stereocenters. The van der Waals surface area contributed by atoms with Crippen LogP contribution in [0.25, 0.3) is 0 Å². The van der Waals surface area contributed by atoms with Crippen LogP contribution in [0.2, 0.25) is 0 Å². The van der Waals surface area contributed by atoms with Gasteiger partial charge in [-0.2, -0.15) is 5.10 Å². The molecule has 0 spiro atoms. The summed E-state index contributed by atoms with van der Waals surface area (Å²) < 4.78 is 1.05. The summed E-state index contributed by atoms with van der Waals surface area (Å²) in [5, 5.41) is 4.01. The van der Waals surface area contributed by atoms with Crippen molar-refractivity contribution in [3.05, 3.63) is 56.7 Å². The molecule has 2 aromatic rings. The molecular weight excluding hydrogens is 336 g/mol. The summed E-state index contributed by atoms with van der Waals surface area (Å²) in [6.45, 7) is 0. The van der Waals surface area contributed by atoms with Crippen LogP contribution in [0.5, 0.6) is 0 Å². The Morgan fingerprint density at radius 2 is 2.10 bits per heavy atom. The van der Waals surface area contributed by atoms with Gasteiger partial charge in [0.25, 0.3) is 0 Å². The molecule has 3 nitrogen and oxygen atoms in total. The van der Waals surface area contributed by atoms with Crippen LogP contribution in [0.4, 0.5) is 0 Å². The quantitative estimate of drug-likeness (QED) is 0.663. The van der Waals surface area contributed by atoms with Crippen LogP contribution in [0, 0.1) is 5.92 Å². The van der Waals surface area contributed by atoms with Gasteiger partial charge in [-0.3, -0.25) is 4.79 Å². The maximum atomic E-state index is 12.0. The maximum Gasteiger partial charge on any atom is 0.243 e. The Balaban J connectivity index is 1.53. The van der Waals surface area contributed by atoms with Crippen molar-refractivity contribution < 1.29 is 4.79 Å². The van der Waals surface area contributed by atoms with Crippen molar-refractivity contribution in [2.45, 2.75) is 12.3 Å². The van der Waals surface area contributed by atoms with E-state index < -0.39 is 0 Å². The molecule has 1 aliphatic carbocycles. The molecule has 1 N–H and O–H groups in total. The normalized spacial score (nSPS) is 21.1. The van der Waals surface area contributed by atoms with Crippen molar-refractivity contribution in [3.63, 3.8) is 0 Å². The Labute approximate surface area is 129 Å². The molecule has 20 heavy (non-hydrogen) atoms. The van der Waals surface area contributed by atoms with Gasteiger partial charge in [0, 0.05) is 10.8 Å². The lowest BCUT2D eigenvalue weighted by Gasteiger charge is -1.99. The third kappa shape index (κ3) is 3.16. The summed E-state index contributed by atoms with van der Waals surface area (Å²) in [6, 6.07) is 14.1. The summed E-state index contributed by atoms with van der Waals surface area (Å²) in [4.78, 5) is 13.0. The first kappa shape index (κ1) is 13.5. The lowest BCUT2D eigenvalue weighted by atomic mass is 10.1. The van der Waals surface area contributed by atoms with Crippen LogP contribution >= 0.6 is 27.3 Å². The van der Waals surface area contributed by atoms with Gasteiger partial charge >= 0.3 is 0 Å². The SMILES string of the molecule is O=C(NN=Cc1ccc(Br)s1)C1CC1c1ccccc1. The van der Waals surface area contributed by atoms with E-state index in [1.165, 1.54) is 5.56 Å². The number of hydrogen-bond donors (Lipinski definition) is 1. The fraction of sp³-hybridized carbons (Fsp3) is 0.200. The lowest BCUT2D eigenvalue weighted by molar-refractivity contribution is -0.122. The first-order chi connectivity index (χ1) is 9.74. The minimum atomic E-state index is 0.00530. The molecule has 2 atom stereocenters. The van der Waals surface area contributed by atoms with Gasteiger partial charge in [0.05, 0.1) is 10.0 Å². The van der Waals surface area contributed by atoms with E-state index in [4.69, 9.17) is 0 Å². The molecule has 0 saturated heterocycles. The van der Waals surface area contributed by atoms with Crippen LogP contribution < -0.4 is 5.43 Å². The van der Waals surface area contributed by atoms with Crippen molar-refractivity contribution in [1.29, 1.82) is 0 Å². The van der Waals surface area contributed by atoms with E-state index in [1.54, 1.807) is 17.6 Å². The first-order valence-electron chi connectivity index (χ1n) is 6.37. The minimum absolute atomic E-state index is 0.00530. The molecule has 1 aliphatic rings. The molecule has 102 valence electrons. The number of carbonyl (C=O) groups is 1. The number of rotatable bonds is 4. The van der Waals surface area contributed by atoms with Gasteiger partial charge in [-0.15, -0.1) is 11.3 Å². The number of hydrogen-bond acceptors (Lipinski definition) is 3. The van der Waals surface area contributed by atoms with Crippen LogP contribution in [-0.4, -0.2) is 12.1 Å². The highest BCUT2D eigenvalue weighted by atomic mass is 79.9. The Bertz CT molecular complexity index is 638. The van der Waals surface area contributed by atoms with Gasteiger partial charge in [-0.05, 0) is 46.0 Å². The standard InChI is InChI=1S/C15H13BrN2OS/c16-14-7-6-11(20-14)9-17-18-15(19)13-8-12(13)10-4-2-1-3-5-10/h1-7,9,12-13H,8H2,(H,18,19). The van der Waals surface area contributed by atoms with E-state index in [-0.39, 0.29) is 11.8 Å². The average Bonchev–Trinajstić information content (AvgIpc) is 3.17. The van der Waals surface area contributed by atoms with Crippen LogP contribution in [0.1, 0.15) is 22.8 Å². The monoisotopic (exact) mass is 348 g/mol. The minimum Gasteiger partial charge on any atom is -0.273 e. The van der Waals surface area contributed by atoms with E-state index in [2.05, 4.69) is 38.6 Å². The van der Waals surface area contributed by atoms with Crippen molar-refractivity contribution in [3.8, 4) is 0 Å². The molecule has 1 aromatic heterocycles. The second-order valence-corrected chi connectivity index (χ2v) is 7.23. The van der Waals surface area contributed by atoms with Crippen molar-refractivity contribution in [2.75, 3.05) is 0 Å². The zero-order valence-electron chi connectivity index (χ0n) is 10.6. The molecular formula is C15H13BrN2OS. The number of benzene rings is 1. The predicted molar refractivity (Wildman–Crippen MR) is 85.0 cm³/mol. The highest BCUT2D eigenvalue weighted by Crippen LogP contribution is 2.47. The van der Waals surface area contributed by atoms with Crippen LogP contribution in [-0.2, 0) is 4.79 Å². The van der Waals surface area contributed by atoms with Gasteiger partial charge in [0.2, 0.25) is 5.91 Å². The van der Waals surface area contributed by atoms with Gasteiger partial charge in [0.15, 0.2) is 0 Å². The van der Waals surface area contributed by atoms with Gasteiger partial charge < -0.3 is 0 Å². The summed E-state index contributed by atoms with van der Waals surface area (Å²) >= 11 is 4.97. The fourth-order valence-electron chi connectivity index (χ4n) is 2.19. The largest absolute Gasteiger partial charge is 0.273 e. The molecule has 0 radical (unpaired) electrons. The van der Waals surface area contributed by atoms with E-state index in [0.29, 0.717) is 5.92 Å². The van der Waals surface area contributed by atoms with Crippen molar-refractivity contribution >= 4 is 39.4 Å². The second-order valence-electron chi connectivity index (χ2n) is 4.74. The van der Waals surface area contributed by atoms with Gasteiger partial charge in [-0.1, -0.05) is 30.3 Å². The Morgan fingerprint density at radius 3 is 2.80 bits per heavy atom. The summed E-state index contributed by atoms with van der Waals surface area (Å²) in [7, 11) is 0. The van der Waals surface area contributed by atoms with Gasteiger partial charge in [-0.25, -0.2) is 5.43 Å². The van der Waals surface area contributed by atoms with E-state index in [0.717, 1.165) is 15.1 Å². The molecule has 1 aromatic carbocycles. The molecule has 5 heteroatoms. The zero-order valence-corrected chi connectivity index (χ0v) is 13.0. The van der Waals surface area contributed by atoms with Crippen LogP contribution in [0.15, 0.2) is 51.4 Å². The van der Waals surface area contributed by atoms with Crippen molar-refractivity contribution in [1.82, 2.24) is 5.43 Å². The third-order valence-electron chi connectivity index (χ3n) is 3.32. The summed E-state index contributed by atoms with van der Waals surface area (Å²) in [5.41, 5.74) is 3.86. The molecule has 1 fully saturated rings. The lowest BCUT2D eigenvalue weighted by Crippen LogP contribution is -2.19. The van der Waals surface area contributed by atoms with Gasteiger partial charge in [0.1, 0.15) is 0 Å². The zero-order chi connectivity index (χ0) is 13.9. The first-order valence-corrected chi connectivity index (χ1v) is 7.98. The highest BCUT2D eigenvalue weighted by Gasteiger charge is 2.43. The molecule has 1 saturated carbocycles. The second kappa shape index (κ2) is 5.89. The third-order valence-corrected chi connectivity index (χ3v) is 4.87. The Morgan fingerprint density at radius 1 is 1.30 bits per heavy atom.